The van der Waals surface area contributed by atoms with Crippen LogP contribution in [0.4, 0.5) is 0 Å². The van der Waals surface area contributed by atoms with Crippen molar-refractivity contribution >= 4 is 5.96 Å². The summed E-state index contributed by atoms with van der Waals surface area (Å²) in [5.74, 6) is 0.0496. The van der Waals surface area contributed by atoms with Crippen LogP contribution in [-0.4, -0.2) is 30.9 Å². The average Bonchev–Trinajstić information content (AvgIpc) is 2.16. The van der Waals surface area contributed by atoms with E-state index in [2.05, 4.69) is 11.9 Å². The standard InChI is InChI=1S/C8H19N3O2/c1-2-3-6-13-7-4-5-10-8(9)11-12/h12H,2-7H2,1H3,(H3,9,10,11). The number of ether oxygens (including phenoxy) is 1. The van der Waals surface area contributed by atoms with E-state index in [0.29, 0.717) is 13.2 Å². The monoisotopic (exact) mass is 189 g/mol. The van der Waals surface area contributed by atoms with Crippen LogP contribution < -0.4 is 11.2 Å². The molecule has 5 heteroatoms. The van der Waals surface area contributed by atoms with E-state index in [4.69, 9.17) is 15.7 Å². The SMILES string of the molecule is CCCCOCCCN=C(N)NO. The number of hydrogen-bond acceptors (Lipinski definition) is 3. The van der Waals surface area contributed by atoms with Crippen LogP contribution in [0.5, 0.6) is 0 Å². The molecule has 0 aliphatic carbocycles. The molecule has 0 spiro atoms. The number of guanidine groups is 1. The van der Waals surface area contributed by atoms with Crippen molar-refractivity contribution in [3.8, 4) is 0 Å². The molecule has 5 nitrogen and oxygen atoms in total. The van der Waals surface area contributed by atoms with Crippen LogP contribution in [0.15, 0.2) is 4.99 Å². The molecule has 0 unspecified atom stereocenters. The maximum absolute atomic E-state index is 8.27. The smallest absolute Gasteiger partial charge is 0.212 e. The van der Waals surface area contributed by atoms with Gasteiger partial charge in [-0.15, -0.1) is 0 Å². The van der Waals surface area contributed by atoms with E-state index in [1.807, 2.05) is 0 Å². The highest BCUT2D eigenvalue weighted by atomic mass is 16.5. The molecule has 0 aliphatic heterocycles. The Morgan fingerprint density at radius 3 is 2.77 bits per heavy atom. The number of nitrogens with zero attached hydrogens (tertiary/aromatic N) is 1. The van der Waals surface area contributed by atoms with Crippen molar-refractivity contribution in [3.05, 3.63) is 0 Å². The molecule has 0 saturated heterocycles. The zero-order valence-electron chi connectivity index (χ0n) is 8.12. The van der Waals surface area contributed by atoms with Crippen LogP contribution in [0.25, 0.3) is 0 Å². The molecular formula is C8H19N3O2. The Bertz CT molecular complexity index is 139. The van der Waals surface area contributed by atoms with E-state index in [0.717, 1.165) is 25.9 Å². The maximum atomic E-state index is 8.27. The lowest BCUT2D eigenvalue weighted by Gasteiger charge is -2.01. The number of nitrogens with two attached hydrogens (primary N) is 1. The minimum atomic E-state index is 0.0496. The van der Waals surface area contributed by atoms with E-state index >= 15 is 0 Å². The van der Waals surface area contributed by atoms with Crippen LogP contribution >= 0.6 is 0 Å². The Hall–Kier alpha value is -0.810. The van der Waals surface area contributed by atoms with Gasteiger partial charge in [0, 0.05) is 19.8 Å². The van der Waals surface area contributed by atoms with E-state index in [1.54, 1.807) is 5.48 Å². The molecule has 0 saturated carbocycles. The molecule has 13 heavy (non-hydrogen) atoms. The number of hydroxylamine groups is 1. The topological polar surface area (TPSA) is 79.9 Å². The lowest BCUT2D eigenvalue weighted by atomic mass is 10.4. The first-order chi connectivity index (χ1) is 6.31. The predicted molar refractivity (Wildman–Crippen MR) is 51.8 cm³/mol. The highest BCUT2D eigenvalue weighted by Gasteiger charge is 1.89. The second kappa shape index (κ2) is 9.28. The van der Waals surface area contributed by atoms with E-state index in [9.17, 15) is 0 Å². The largest absolute Gasteiger partial charge is 0.381 e. The molecule has 0 atom stereocenters. The predicted octanol–water partition coefficient (Wildman–Crippen LogP) is 0.487. The van der Waals surface area contributed by atoms with Crippen molar-refractivity contribution in [1.82, 2.24) is 5.48 Å². The van der Waals surface area contributed by atoms with Crippen molar-refractivity contribution in [2.75, 3.05) is 19.8 Å². The van der Waals surface area contributed by atoms with Crippen molar-refractivity contribution in [2.45, 2.75) is 26.2 Å². The summed E-state index contributed by atoms with van der Waals surface area (Å²) in [6, 6.07) is 0. The minimum absolute atomic E-state index is 0.0496. The summed E-state index contributed by atoms with van der Waals surface area (Å²) in [4.78, 5) is 3.81. The second-order valence-corrected chi connectivity index (χ2v) is 2.70. The summed E-state index contributed by atoms with van der Waals surface area (Å²) in [7, 11) is 0. The molecule has 0 aromatic carbocycles. The summed E-state index contributed by atoms with van der Waals surface area (Å²) in [6.07, 6.45) is 3.08. The van der Waals surface area contributed by atoms with Crippen molar-refractivity contribution in [2.24, 2.45) is 10.7 Å². The summed E-state index contributed by atoms with van der Waals surface area (Å²) in [5.41, 5.74) is 6.95. The van der Waals surface area contributed by atoms with Gasteiger partial charge in [0.2, 0.25) is 5.96 Å². The number of aliphatic imine (C=N–C) groups is 1. The molecule has 0 bridgehead atoms. The zero-order chi connectivity index (χ0) is 9.94. The minimum Gasteiger partial charge on any atom is -0.381 e. The van der Waals surface area contributed by atoms with Gasteiger partial charge in [-0.3, -0.25) is 10.2 Å². The van der Waals surface area contributed by atoms with Crippen LogP contribution in [0.3, 0.4) is 0 Å². The van der Waals surface area contributed by atoms with Crippen molar-refractivity contribution in [3.63, 3.8) is 0 Å². The number of hydrogen-bond donors (Lipinski definition) is 3. The highest BCUT2D eigenvalue weighted by Crippen LogP contribution is 1.89. The Morgan fingerprint density at radius 1 is 1.46 bits per heavy atom. The van der Waals surface area contributed by atoms with Crippen LogP contribution in [-0.2, 0) is 4.74 Å². The molecule has 0 radical (unpaired) electrons. The van der Waals surface area contributed by atoms with Gasteiger partial charge in [-0.2, -0.15) is 0 Å². The third kappa shape index (κ3) is 9.10. The fourth-order valence-corrected chi connectivity index (χ4v) is 0.750. The van der Waals surface area contributed by atoms with Crippen molar-refractivity contribution in [1.29, 1.82) is 0 Å². The van der Waals surface area contributed by atoms with E-state index in [-0.39, 0.29) is 5.96 Å². The van der Waals surface area contributed by atoms with Gasteiger partial charge in [0.25, 0.3) is 0 Å². The highest BCUT2D eigenvalue weighted by molar-refractivity contribution is 5.76. The van der Waals surface area contributed by atoms with Gasteiger partial charge in [-0.1, -0.05) is 13.3 Å². The quantitative estimate of drug-likeness (QED) is 0.235. The molecule has 4 N–H and O–H groups in total. The summed E-state index contributed by atoms with van der Waals surface area (Å²) in [6.45, 7) is 4.21. The first kappa shape index (κ1) is 12.2. The Kier molecular flexibility index (Phi) is 8.70. The molecule has 0 rings (SSSR count). The van der Waals surface area contributed by atoms with Gasteiger partial charge in [-0.25, -0.2) is 5.48 Å². The molecule has 78 valence electrons. The van der Waals surface area contributed by atoms with Gasteiger partial charge in [0.05, 0.1) is 0 Å². The molecule has 0 amide bonds. The first-order valence-corrected chi connectivity index (χ1v) is 4.59. The first-order valence-electron chi connectivity index (χ1n) is 4.59. The molecule has 0 fully saturated rings. The molecule has 0 aromatic rings. The van der Waals surface area contributed by atoms with E-state index < -0.39 is 0 Å². The second-order valence-electron chi connectivity index (χ2n) is 2.70. The van der Waals surface area contributed by atoms with Gasteiger partial charge >= 0.3 is 0 Å². The molecular weight excluding hydrogens is 170 g/mol. The van der Waals surface area contributed by atoms with E-state index in [1.165, 1.54) is 0 Å². The van der Waals surface area contributed by atoms with Crippen LogP contribution in [0, 0.1) is 0 Å². The Morgan fingerprint density at radius 2 is 2.15 bits per heavy atom. The summed E-state index contributed by atoms with van der Waals surface area (Å²) < 4.78 is 5.30. The lowest BCUT2D eigenvalue weighted by molar-refractivity contribution is 0.130. The maximum Gasteiger partial charge on any atom is 0.212 e. The van der Waals surface area contributed by atoms with Crippen LogP contribution in [0.2, 0.25) is 0 Å². The Balaban J connectivity index is 3.08. The van der Waals surface area contributed by atoms with Gasteiger partial charge < -0.3 is 10.5 Å². The zero-order valence-corrected chi connectivity index (χ0v) is 8.12. The summed E-state index contributed by atoms with van der Waals surface area (Å²) in [5, 5.41) is 8.27. The third-order valence-electron chi connectivity index (χ3n) is 1.49. The molecule has 0 aliphatic rings. The fraction of sp³-hybridized carbons (Fsp3) is 0.875. The molecule has 0 heterocycles. The summed E-state index contributed by atoms with van der Waals surface area (Å²) >= 11 is 0. The Labute approximate surface area is 78.9 Å². The van der Waals surface area contributed by atoms with Gasteiger partial charge in [0.15, 0.2) is 0 Å². The molecule has 0 aromatic heterocycles. The lowest BCUT2D eigenvalue weighted by Crippen LogP contribution is -2.28. The average molecular weight is 189 g/mol. The fourth-order valence-electron chi connectivity index (χ4n) is 0.750. The van der Waals surface area contributed by atoms with Crippen LogP contribution in [0.1, 0.15) is 26.2 Å². The normalized spacial score (nSPS) is 11.7. The van der Waals surface area contributed by atoms with Gasteiger partial charge in [0.1, 0.15) is 0 Å². The third-order valence-corrected chi connectivity index (χ3v) is 1.49. The number of rotatable bonds is 7. The van der Waals surface area contributed by atoms with Gasteiger partial charge in [-0.05, 0) is 12.8 Å². The number of nitrogens with one attached hydrogen (secondary N) is 1. The number of unbranched alkanes of at least 4 members (excludes halogenated alkanes) is 1. The van der Waals surface area contributed by atoms with Crippen molar-refractivity contribution < 1.29 is 9.94 Å².